The van der Waals surface area contributed by atoms with Gasteiger partial charge in [-0.2, -0.15) is 0 Å². The molecule has 6 nitrogen and oxygen atoms in total. The van der Waals surface area contributed by atoms with Crippen LogP contribution < -0.4 is 0 Å². The first-order valence-electron chi connectivity index (χ1n) is 7.60. The van der Waals surface area contributed by atoms with Crippen LogP contribution >= 0.6 is 0 Å². The smallest absolute Gasteiger partial charge is 0.411 e. The highest BCUT2D eigenvalue weighted by Crippen LogP contribution is 2.41. The van der Waals surface area contributed by atoms with E-state index in [-0.39, 0.29) is 18.6 Å². The third-order valence-corrected chi connectivity index (χ3v) is 4.06. The lowest BCUT2D eigenvalue weighted by molar-refractivity contribution is -0.164. The number of rotatable bonds is 2. The minimum Gasteiger partial charge on any atom is -0.464 e. The molecular weight excluding hydrogens is 274 g/mol. The van der Waals surface area contributed by atoms with Crippen LogP contribution in [0.15, 0.2) is 0 Å². The van der Waals surface area contributed by atoms with E-state index in [1.165, 1.54) is 4.90 Å². The van der Waals surface area contributed by atoms with E-state index >= 15 is 0 Å². The van der Waals surface area contributed by atoms with E-state index in [1.54, 1.807) is 27.7 Å². The Hall–Kier alpha value is -1.30. The van der Waals surface area contributed by atoms with Crippen molar-refractivity contribution in [2.75, 3.05) is 6.61 Å². The molecule has 21 heavy (non-hydrogen) atoms. The summed E-state index contributed by atoms with van der Waals surface area (Å²) in [6, 6.07) is -0.999. The van der Waals surface area contributed by atoms with Crippen molar-refractivity contribution in [2.24, 2.45) is 5.92 Å². The highest BCUT2D eigenvalue weighted by Gasteiger charge is 2.53. The monoisotopic (exact) mass is 299 g/mol. The van der Waals surface area contributed by atoms with Crippen LogP contribution in [0.1, 0.15) is 47.0 Å². The number of aliphatic hydroxyl groups is 1. The zero-order chi connectivity index (χ0) is 15.8. The van der Waals surface area contributed by atoms with Gasteiger partial charge in [0, 0.05) is 0 Å². The maximum atomic E-state index is 12.5. The van der Waals surface area contributed by atoms with Crippen LogP contribution in [0.2, 0.25) is 0 Å². The number of fused-ring (bicyclic) bond motifs is 3. The Morgan fingerprint density at radius 2 is 1.95 bits per heavy atom. The molecule has 1 aliphatic carbocycles. The van der Waals surface area contributed by atoms with Crippen molar-refractivity contribution in [3.63, 3.8) is 0 Å². The molecule has 0 spiro atoms. The van der Waals surface area contributed by atoms with E-state index in [0.717, 1.165) is 6.42 Å². The Labute approximate surface area is 125 Å². The van der Waals surface area contributed by atoms with Gasteiger partial charge in [0.1, 0.15) is 11.6 Å². The third-order valence-electron chi connectivity index (χ3n) is 4.06. The SMILES string of the molecule is CCOC(=O)[C@H]1[C@H]2CC[C@H]([C@H](O)C2)N1C(=O)OC(C)(C)C. The summed E-state index contributed by atoms with van der Waals surface area (Å²) in [7, 11) is 0. The Bertz CT molecular complexity index is 417. The van der Waals surface area contributed by atoms with Gasteiger partial charge in [0.25, 0.3) is 0 Å². The number of nitrogens with zero attached hydrogens (tertiary/aromatic N) is 1. The van der Waals surface area contributed by atoms with Crippen molar-refractivity contribution in [2.45, 2.75) is 70.7 Å². The summed E-state index contributed by atoms with van der Waals surface area (Å²) in [6.07, 6.45) is 0.912. The van der Waals surface area contributed by atoms with Gasteiger partial charge in [-0.05, 0) is 52.9 Å². The molecule has 0 aromatic carbocycles. The first kappa shape index (κ1) is 16.1. The quantitative estimate of drug-likeness (QED) is 0.785. The van der Waals surface area contributed by atoms with Crippen LogP contribution in [-0.2, 0) is 14.3 Å². The van der Waals surface area contributed by atoms with Crippen LogP contribution in [0.3, 0.4) is 0 Å². The number of carbonyl (C=O) groups excluding carboxylic acids is 2. The van der Waals surface area contributed by atoms with Gasteiger partial charge in [0.2, 0.25) is 0 Å². The van der Waals surface area contributed by atoms with Crippen molar-refractivity contribution < 1.29 is 24.2 Å². The van der Waals surface area contributed by atoms with Crippen LogP contribution in [-0.4, -0.2) is 52.5 Å². The van der Waals surface area contributed by atoms with Gasteiger partial charge >= 0.3 is 12.1 Å². The van der Waals surface area contributed by atoms with Crippen molar-refractivity contribution in [1.29, 1.82) is 0 Å². The second-order valence-electron chi connectivity index (χ2n) is 6.79. The molecule has 2 saturated heterocycles. The molecule has 3 fully saturated rings. The molecular formula is C15H25NO5. The molecule has 0 aromatic heterocycles. The molecule has 0 radical (unpaired) electrons. The lowest BCUT2D eigenvalue weighted by Crippen LogP contribution is -2.66. The Morgan fingerprint density at radius 1 is 1.29 bits per heavy atom. The summed E-state index contributed by atoms with van der Waals surface area (Å²) in [5.74, 6) is -0.457. The number of carbonyl (C=O) groups is 2. The predicted octanol–water partition coefficient (Wildman–Crippen LogP) is 1.70. The molecule has 1 saturated carbocycles. The first-order valence-corrected chi connectivity index (χ1v) is 7.60. The largest absolute Gasteiger partial charge is 0.464 e. The maximum Gasteiger partial charge on any atom is 0.411 e. The molecule has 0 unspecified atom stereocenters. The fourth-order valence-corrected chi connectivity index (χ4v) is 3.30. The van der Waals surface area contributed by atoms with E-state index in [0.29, 0.717) is 12.8 Å². The van der Waals surface area contributed by atoms with E-state index in [4.69, 9.17) is 9.47 Å². The van der Waals surface area contributed by atoms with Crippen molar-refractivity contribution in [1.82, 2.24) is 4.90 Å². The highest BCUT2D eigenvalue weighted by molar-refractivity contribution is 5.83. The van der Waals surface area contributed by atoms with Gasteiger partial charge < -0.3 is 14.6 Å². The second-order valence-corrected chi connectivity index (χ2v) is 6.79. The van der Waals surface area contributed by atoms with Crippen LogP contribution in [0, 0.1) is 5.92 Å². The molecule has 1 amide bonds. The fourth-order valence-electron chi connectivity index (χ4n) is 3.30. The topological polar surface area (TPSA) is 76.1 Å². The van der Waals surface area contributed by atoms with Gasteiger partial charge in [-0.3, -0.25) is 4.90 Å². The molecule has 2 bridgehead atoms. The number of hydrogen-bond acceptors (Lipinski definition) is 5. The molecule has 2 aliphatic heterocycles. The average molecular weight is 299 g/mol. The van der Waals surface area contributed by atoms with E-state index in [9.17, 15) is 14.7 Å². The van der Waals surface area contributed by atoms with Gasteiger partial charge in [-0.1, -0.05) is 0 Å². The molecule has 0 aromatic rings. The van der Waals surface area contributed by atoms with Gasteiger partial charge in [0.05, 0.1) is 18.8 Å². The first-order chi connectivity index (χ1) is 9.74. The number of piperidine rings is 2. The zero-order valence-electron chi connectivity index (χ0n) is 13.2. The standard InChI is InChI=1S/C15H25NO5/c1-5-20-13(18)12-9-6-7-10(11(17)8-9)16(12)14(19)21-15(2,3)4/h9-12,17H,5-8H2,1-4H3/t9-,10+,11+,12+/m0/s1. The predicted molar refractivity (Wildman–Crippen MR) is 75.6 cm³/mol. The average Bonchev–Trinajstić information content (AvgIpc) is 2.36. The summed E-state index contributed by atoms with van der Waals surface area (Å²) in [4.78, 5) is 26.1. The number of hydrogen-bond donors (Lipinski definition) is 1. The molecule has 3 aliphatic rings. The van der Waals surface area contributed by atoms with Gasteiger partial charge in [-0.15, -0.1) is 0 Å². The van der Waals surface area contributed by atoms with Crippen molar-refractivity contribution in [3.8, 4) is 0 Å². The maximum absolute atomic E-state index is 12.5. The Balaban J connectivity index is 2.24. The normalized spacial score (nSPS) is 32.0. The highest BCUT2D eigenvalue weighted by atomic mass is 16.6. The van der Waals surface area contributed by atoms with Crippen LogP contribution in [0.25, 0.3) is 0 Å². The number of aliphatic hydroxyl groups excluding tert-OH is 1. The second kappa shape index (κ2) is 5.83. The summed E-state index contributed by atoms with van der Waals surface area (Å²) < 4.78 is 10.5. The van der Waals surface area contributed by atoms with Crippen molar-refractivity contribution >= 4 is 12.1 Å². The Kier molecular flexibility index (Phi) is 4.46. The minimum absolute atomic E-state index is 0.0587. The molecule has 120 valence electrons. The third kappa shape index (κ3) is 3.31. The molecule has 3 rings (SSSR count). The lowest BCUT2D eigenvalue weighted by atomic mass is 9.73. The van der Waals surface area contributed by atoms with E-state index < -0.39 is 29.8 Å². The molecule has 4 atom stereocenters. The molecule has 6 heteroatoms. The number of amides is 1. The van der Waals surface area contributed by atoms with Crippen LogP contribution in [0.4, 0.5) is 4.79 Å². The lowest BCUT2D eigenvalue weighted by Gasteiger charge is -2.51. The number of ether oxygens (including phenoxy) is 2. The van der Waals surface area contributed by atoms with Crippen molar-refractivity contribution in [3.05, 3.63) is 0 Å². The minimum atomic E-state index is -0.641. The van der Waals surface area contributed by atoms with Gasteiger partial charge in [-0.25, -0.2) is 9.59 Å². The molecule has 2 heterocycles. The van der Waals surface area contributed by atoms with Gasteiger partial charge in [0.15, 0.2) is 0 Å². The summed E-state index contributed by atoms with van der Waals surface area (Å²) in [5.41, 5.74) is -0.641. The number of esters is 1. The summed E-state index contributed by atoms with van der Waals surface area (Å²) >= 11 is 0. The van der Waals surface area contributed by atoms with E-state index in [2.05, 4.69) is 0 Å². The fraction of sp³-hybridized carbons (Fsp3) is 0.867. The molecule has 1 N–H and O–H groups in total. The zero-order valence-corrected chi connectivity index (χ0v) is 13.2. The van der Waals surface area contributed by atoms with Crippen LogP contribution in [0.5, 0.6) is 0 Å². The Morgan fingerprint density at radius 3 is 2.48 bits per heavy atom. The summed E-state index contributed by atoms with van der Waals surface area (Å²) in [5, 5.41) is 10.1. The summed E-state index contributed by atoms with van der Waals surface area (Å²) in [6.45, 7) is 7.36. The van der Waals surface area contributed by atoms with E-state index in [1.807, 2.05) is 0 Å².